The summed E-state index contributed by atoms with van der Waals surface area (Å²) in [5.41, 5.74) is 1.08. The van der Waals surface area contributed by atoms with E-state index in [1.54, 1.807) is 0 Å². The number of aromatic nitrogens is 2. The first-order chi connectivity index (χ1) is 9.19. The Bertz CT molecular complexity index is 368. The molecule has 4 heteroatoms. The van der Waals surface area contributed by atoms with Gasteiger partial charge in [-0.1, -0.05) is 26.7 Å². The minimum atomic E-state index is 0.699. The van der Waals surface area contributed by atoms with Crippen LogP contribution in [-0.4, -0.2) is 34.5 Å². The van der Waals surface area contributed by atoms with Gasteiger partial charge in [-0.25, -0.2) is 4.98 Å². The zero-order valence-corrected chi connectivity index (χ0v) is 12.4. The molecule has 1 saturated carbocycles. The van der Waals surface area contributed by atoms with Crippen LogP contribution in [0.3, 0.4) is 0 Å². The van der Waals surface area contributed by atoms with E-state index < -0.39 is 0 Å². The lowest BCUT2D eigenvalue weighted by atomic mass is 10.1. The lowest BCUT2D eigenvalue weighted by Crippen LogP contribution is -2.36. The Morgan fingerprint density at radius 3 is 2.53 bits per heavy atom. The van der Waals surface area contributed by atoms with E-state index in [-0.39, 0.29) is 0 Å². The topological polar surface area (TPSA) is 41.1 Å². The molecule has 0 amide bonds. The second-order valence-electron chi connectivity index (χ2n) is 5.90. The van der Waals surface area contributed by atoms with Crippen molar-refractivity contribution in [1.29, 1.82) is 0 Å². The standard InChI is InChI=1S/C15H26N4/c1-12(2)10-19(14-6-4-5-7-14)11-13-8-18-15(16-3)9-17-13/h8-9,12,14H,4-7,10-11H2,1-3H3,(H,16,18). The van der Waals surface area contributed by atoms with Gasteiger partial charge < -0.3 is 5.32 Å². The molecule has 4 nitrogen and oxygen atoms in total. The van der Waals surface area contributed by atoms with E-state index >= 15 is 0 Å². The maximum absolute atomic E-state index is 4.50. The molecule has 0 aliphatic heterocycles. The summed E-state index contributed by atoms with van der Waals surface area (Å²) < 4.78 is 0. The van der Waals surface area contributed by atoms with Crippen molar-refractivity contribution in [2.24, 2.45) is 5.92 Å². The van der Waals surface area contributed by atoms with Gasteiger partial charge in [0.15, 0.2) is 0 Å². The molecule has 19 heavy (non-hydrogen) atoms. The average Bonchev–Trinajstić information content (AvgIpc) is 2.92. The molecular formula is C15H26N4. The highest BCUT2D eigenvalue weighted by molar-refractivity contribution is 5.29. The van der Waals surface area contributed by atoms with Gasteiger partial charge in [-0.05, 0) is 18.8 Å². The third-order valence-corrected chi connectivity index (χ3v) is 3.77. The second kappa shape index (κ2) is 6.85. The minimum Gasteiger partial charge on any atom is -0.372 e. The molecule has 1 N–H and O–H groups in total. The summed E-state index contributed by atoms with van der Waals surface area (Å²) in [6.45, 7) is 6.66. The molecule has 0 spiro atoms. The van der Waals surface area contributed by atoms with Crippen LogP contribution in [0.5, 0.6) is 0 Å². The first-order valence-electron chi connectivity index (χ1n) is 7.41. The van der Waals surface area contributed by atoms with Crippen LogP contribution in [0, 0.1) is 5.92 Å². The van der Waals surface area contributed by atoms with Crippen LogP contribution in [0.25, 0.3) is 0 Å². The molecule has 0 atom stereocenters. The third kappa shape index (κ3) is 4.16. The number of hydrogen-bond donors (Lipinski definition) is 1. The number of hydrogen-bond acceptors (Lipinski definition) is 4. The van der Waals surface area contributed by atoms with E-state index in [1.165, 1.54) is 25.7 Å². The SMILES string of the molecule is CNc1cnc(CN(CC(C)C)C2CCCC2)cn1. The van der Waals surface area contributed by atoms with Gasteiger partial charge in [0, 0.05) is 26.2 Å². The Morgan fingerprint density at radius 1 is 1.26 bits per heavy atom. The van der Waals surface area contributed by atoms with Gasteiger partial charge in [-0.2, -0.15) is 0 Å². The quantitative estimate of drug-likeness (QED) is 0.856. The zero-order chi connectivity index (χ0) is 13.7. The average molecular weight is 262 g/mol. The van der Waals surface area contributed by atoms with Crippen molar-refractivity contribution in [3.05, 3.63) is 18.1 Å². The second-order valence-corrected chi connectivity index (χ2v) is 5.90. The van der Waals surface area contributed by atoms with Crippen molar-refractivity contribution in [2.45, 2.75) is 52.1 Å². The van der Waals surface area contributed by atoms with Gasteiger partial charge in [0.25, 0.3) is 0 Å². The van der Waals surface area contributed by atoms with Gasteiger partial charge in [0.05, 0.1) is 18.1 Å². The van der Waals surface area contributed by atoms with Crippen molar-refractivity contribution < 1.29 is 0 Å². The monoisotopic (exact) mass is 262 g/mol. The number of rotatable bonds is 6. The van der Waals surface area contributed by atoms with Crippen LogP contribution in [0.15, 0.2) is 12.4 Å². The molecule has 1 aromatic rings. The van der Waals surface area contributed by atoms with Crippen LogP contribution in [-0.2, 0) is 6.54 Å². The molecule has 1 heterocycles. The highest BCUT2D eigenvalue weighted by Gasteiger charge is 2.23. The Balaban J connectivity index is 2.01. The molecule has 0 saturated heterocycles. The maximum atomic E-state index is 4.50. The molecule has 2 rings (SSSR count). The van der Waals surface area contributed by atoms with E-state index in [9.17, 15) is 0 Å². The fourth-order valence-corrected chi connectivity index (χ4v) is 2.85. The number of nitrogens with one attached hydrogen (secondary N) is 1. The van der Waals surface area contributed by atoms with E-state index in [2.05, 4.69) is 34.0 Å². The van der Waals surface area contributed by atoms with Crippen LogP contribution in [0.2, 0.25) is 0 Å². The smallest absolute Gasteiger partial charge is 0.144 e. The van der Waals surface area contributed by atoms with Crippen LogP contribution >= 0.6 is 0 Å². The zero-order valence-electron chi connectivity index (χ0n) is 12.4. The van der Waals surface area contributed by atoms with E-state index in [4.69, 9.17) is 0 Å². The Labute approximate surface area is 116 Å². The van der Waals surface area contributed by atoms with Crippen LogP contribution < -0.4 is 5.32 Å². The Kier molecular flexibility index (Phi) is 5.14. The van der Waals surface area contributed by atoms with Crippen LogP contribution in [0.1, 0.15) is 45.2 Å². The van der Waals surface area contributed by atoms with Crippen molar-refractivity contribution in [3.8, 4) is 0 Å². The van der Waals surface area contributed by atoms with E-state index in [0.717, 1.165) is 30.6 Å². The van der Waals surface area contributed by atoms with Crippen molar-refractivity contribution in [3.63, 3.8) is 0 Å². The van der Waals surface area contributed by atoms with Crippen LogP contribution in [0.4, 0.5) is 5.82 Å². The molecule has 0 aromatic carbocycles. The van der Waals surface area contributed by atoms with Crippen molar-refractivity contribution >= 4 is 5.82 Å². The van der Waals surface area contributed by atoms with Gasteiger partial charge >= 0.3 is 0 Å². The first-order valence-corrected chi connectivity index (χ1v) is 7.41. The predicted octanol–water partition coefficient (Wildman–Crippen LogP) is 2.92. The molecule has 1 aromatic heterocycles. The lowest BCUT2D eigenvalue weighted by molar-refractivity contribution is 0.166. The molecule has 1 aliphatic carbocycles. The molecule has 106 valence electrons. The Morgan fingerprint density at radius 2 is 2.00 bits per heavy atom. The fourth-order valence-electron chi connectivity index (χ4n) is 2.85. The largest absolute Gasteiger partial charge is 0.372 e. The van der Waals surface area contributed by atoms with Gasteiger partial charge in [0.2, 0.25) is 0 Å². The molecule has 1 fully saturated rings. The summed E-state index contributed by atoms with van der Waals surface area (Å²) in [7, 11) is 1.87. The highest BCUT2D eigenvalue weighted by atomic mass is 15.2. The number of nitrogens with zero attached hydrogens (tertiary/aromatic N) is 3. The summed E-state index contributed by atoms with van der Waals surface area (Å²) >= 11 is 0. The van der Waals surface area contributed by atoms with Gasteiger partial charge in [0.1, 0.15) is 5.82 Å². The summed E-state index contributed by atoms with van der Waals surface area (Å²) in [5, 5.41) is 3.01. The normalized spacial score (nSPS) is 16.5. The van der Waals surface area contributed by atoms with Crippen molar-refractivity contribution in [1.82, 2.24) is 14.9 Å². The summed E-state index contributed by atoms with van der Waals surface area (Å²) in [5.74, 6) is 1.53. The summed E-state index contributed by atoms with van der Waals surface area (Å²) in [6, 6.07) is 0.744. The molecular weight excluding hydrogens is 236 g/mol. The molecule has 0 radical (unpaired) electrons. The summed E-state index contributed by atoms with van der Waals surface area (Å²) in [4.78, 5) is 11.5. The number of anilines is 1. The van der Waals surface area contributed by atoms with E-state index in [0.29, 0.717) is 5.92 Å². The first kappa shape index (κ1) is 14.3. The predicted molar refractivity (Wildman–Crippen MR) is 79.1 cm³/mol. The van der Waals surface area contributed by atoms with Gasteiger partial charge in [-0.15, -0.1) is 0 Å². The molecule has 0 bridgehead atoms. The maximum Gasteiger partial charge on any atom is 0.144 e. The fraction of sp³-hybridized carbons (Fsp3) is 0.733. The molecule has 0 unspecified atom stereocenters. The molecule has 1 aliphatic rings. The lowest BCUT2D eigenvalue weighted by Gasteiger charge is -2.30. The van der Waals surface area contributed by atoms with Gasteiger partial charge in [-0.3, -0.25) is 9.88 Å². The Hall–Kier alpha value is -1.16. The minimum absolute atomic E-state index is 0.699. The van der Waals surface area contributed by atoms with Crippen molar-refractivity contribution in [2.75, 3.05) is 18.9 Å². The van der Waals surface area contributed by atoms with E-state index in [1.807, 2.05) is 19.4 Å². The third-order valence-electron chi connectivity index (χ3n) is 3.77. The highest BCUT2D eigenvalue weighted by Crippen LogP contribution is 2.25. The summed E-state index contributed by atoms with van der Waals surface area (Å²) in [6.07, 6.45) is 9.16.